The first kappa shape index (κ1) is 20.3. The SMILES string of the molecule is CC[C@H](C(=O)N[C@H](C)C(C)C)N(c1cccc(OC)c1)S(C)(=O)=O. The van der Waals surface area contributed by atoms with Crippen molar-refractivity contribution < 1.29 is 17.9 Å². The minimum Gasteiger partial charge on any atom is -0.497 e. The van der Waals surface area contributed by atoms with Crippen molar-refractivity contribution in [2.24, 2.45) is 5.92 Å². The summed E-state index contributed by atoms with van der Waals surface area (Å²) in [6.45, 7) is 7.71. The zero-order valence-corrected chi connectivity index (χ0v) is 16.1. The first-order chi connectivity index (χ1) is 11.1. The molecule has 136 valence electrons. The maximum absolute atomic E-state index is 12.7. The van der Waals surface area contributed by atoms with Gasteiger partial charge < -0.3 is 10.1 Å². The van der Waals surface area contributed by atoms with Crippen LogP contribution in [0.5, 0.6) is 5.75 Å². The molecule has 0 heterocycles. The van der Waals surface area contributed by atoms with Crippen molar-refractivity contribution in [1.82, 2.24) is 5.32 Å². The van der Waals surface area contributed by atoms with E-state index in [1.54, 1.807) is 31.2 Å². The molecule has 1 aromatic rings. The fourth-order valence-corrected chi connectivity index (χ4v) is 3.50. The van der Waals surface area contributed by atoms with E-state index < -0.39 is 16.1 Å². The number of hydrogen-bond donors (Lipinski definition) is 1. The average Bonchev–Trinajstić information content (AvgIpc) is 2.50. The number of benzene rings is 1. The largest absolute Gasteiger partial charge is 0.497 e. The third kappa shape index (κ3) is 5.12. The zero-order chi connectivity index (χ0) is 18.5. The van der Waals surface area contributed by atoms with E-state index in [-0.39, 0.29) is 17.9 Å². The van der Waals surface area contributed by atoms with Gasteiger partial charge in [-0.2, -0.15) is 0 Å². The van der Waals surface area contributed by atoms with Crippen LogP contribution in [0, 0.1) is 5.92 Å². The van der Waals surface area contributed by atoms with E-state index in [9.17, 15) is 13.2 Å². The summed E-state index contributed by atoms with van der Waals surface area (Å²) in [4.78, 5) is 12.7. The molecule has 0 fully saturated rings. The summed E-state index contributed by atoms with van der Waals surface area (Å²) >= 11 is 0. The van der Waals surface area contributed by atoms with Gasteiger partial charge >= 0.3 is 0 Å². The number of ether oxygens (including phenoxy) is 1. The summed E-state index contributed by atoms with van der Waals surface area (Å²) in [6, 6.07) is 5.85. The molecule has 1 amide bonds. The van der Waals surface area contributed by atoms with Crippen molar-refractivity contribution in [3.63, 3.8) is 0 Å². The zero-order valence-electron chi connectivity index (χ0n) is 15.2. The lowest BCUT2D eigenvalue weighted by atomic mass is 10.1. The van der Waals surface area contributed by atoms with Gasteiger partial charge in [-0.15, -0.1) is 0 Å². The van der Waals surface area contributed by atoms with E-state index in [4.69, 9.17) is 4.74 Å². The van der Waals surface area contributed by atoms with Crippen molar-refractivity contribution in [2.45, 2.75) is 46.2 Å². The fraction of sp³-hybridized carbons (Fsp3) is 0.588. The van der Waals surface area contributed by atoms with Gasteiger partial charge in [0.2, 0.25) is 15.9 Å². The molecule has 0 unspecified atom stereocenters. The highest BCUT2D eigenvalue weighted by Gasteiger charge is 2.32. The van der Waals surface area contributed by atoms with Crippen molar-refractivity contribution in [2.75, 3.05) is 17.7 Å². The third-order valence-electron chi connectivity index (χ3n) is 4.01. The van der Waals surface area contributed by atoms with Crippen LogP contribution in [0.3, 0.4) is 0 Å². The van der Waals surface area contributed by atoms with E-state index in [2.05, 4.69) is 5.32 Å². The summed E-state index contributed by atoms with van der Waals surface area (Å²) in [5.41, 5.74) is 0.413. The molecule has 0 aliphatic rings. The minimum atomic E-state index is -3.64. The second-order valence-corrected chi connectivity index (χ2v) is 8.09. The molecule has 0 aliphatic carbocycles. The number of carbonyl (C=O) groups excluding carboxylic acids is 1. The topological polar surface area (TPSA) is 75.7 Å². The Hall–Kier alpha value is -1.76. The summed E-state index contributed by atoms with van der Waals surface area (Å²) < 4.78 is 31.1. The second-order valence-electron chi connectivity index (χ2n) is 6.23. The number of nitrogens with zero attached hydrogens (tertiary/aromatic N) is 1. The monoisotopic (exact) mass is 356 g/mol. The Labute approximate surface area is 145 Å². The molecule has 1 N–H and O–H groups in total. The lowest BCUT2D eigenvalue weighted by molar-refractivity contribution is -0.123. The Kier molecular flexibility index (Phi) is 7.08. The molecule has 0 aromatic heterocycles. The highest BCUT2D eigenvalue weighted by molar-refractivity contribution is 7.92. The molecule has 24 heavy (non-hydrogen) atoms. The van der Waals surface area contributed by atoms with Gasteiger partial charge in [0.05, 0.1) is 19.1 Å². The van der Waals surface area contributed by atoms with Gasteiger partial charge in [0.15, 0.2) is 0 Å². The lowest BCUT2D eigenvalue weighted by Gasteiger charge is -2.31. The van der Waals surface area contributed by atoms with Crippen molar-refractivity contribution >= 4 is 21.6 Å². The number of nitrogens with one attached hydrogen (secondary N) is 1. The predicted molar refractivity (Wildman–Crippen MR) is 96.8 cm³/mol. The normalized spacial score (nSPS) is 14.1. The molecule has 1 rings (SSSR count). The van der Waals surface area contributed by atoms with Crippen molar-refractivity contribution in [1.29, 1.82) is 0 Å². The number of hydrogen-bond acceptors (Lipinski definition) is 4. The van der Waals surface area contributed by atoms with Gasteiger partial charge in [0.25, 0.3) is 0 Å². The van der Waals surface area contributed by atoms with E-state index >= 15 is 0 Å². The smallest absolute Gasteiger partial charge is 0.244 e. The Morgan fingerprint density at radius 1 is 1.29 bits per heavy atom. The summed E-state index contributed by atoms with van der Waals surface area (Å²) in [6.07, 6.45) is 1.47. The van der Waals surface area contributed by atoms with Crippen LogP contribution < -0.4 is 14.4 Å². The van der Waals surface area contributed by atoms with Crippen LogP contribution in [0.15, 0.2) is 24.3 Å². The molecule has 0 saturated heterocycles. The Balaban J connectivity index is 3.24. The van der Waals surface area contributed by atoms with Gasteiger partial charge in [0, 0.05) is 12.1 Å². The Bertz CT molecular complexity index is 658. The van der Waals surface area contributed by atoms with E-state index in [1.807, 2.05) is 20.8 Å². The standard InChI is InChI=1S/C17H28N2O4S/c1-7-16(17(20)18-13(4)12(2)3)19(24(6,21)22)14-9-8-10-15(11-14)23-5/h8-13,16H,7H2,1-6H3,(H,18,20)/t13-,16-/m1/s1. The van der Waals surface area contributed by atoms with E-state index in [0.717, 1.165) is 10.6 Å². The molecule has 0 spiro atoms. The Morgan fingerprint density at radius 3 is 2.38 bits per heavy atom. The molecule has 6 nitrogen and oxygen atoms in total. The molecule has 1 aromatic carbocycles. The van der Waals surface area contributed by atoms with Gasteiger partial charge in [-0.25, -0.2) is 8.42 Å². The number of anilines is 1. The van der Waals surface area contributed by atoms with Crippen LogP contribution >= 0.6 is 0 Å². The molecule has 0 bridgehead atoms. The number of sulfonamides is 1. The fourth-order valence-electron chi connectivity index (χ4n) is 2.30. The van der Waals surface area contributed by atoms with Gasteiger partial charge in [0.1, 0.15) is 11.8 Å². The molecule has 0 saturated carbocycles. The van der Waals surface area contributed by atoms with Crippen LogP contribution in [-0.2, 0) is 14.8 Å². The lowest BCUT2D eigenvalue weighted by Crippen LogP contribution is -2.51. The van der Waals surface area contributed by atoms with Crippen LogP contribution in [0.2, 0.25) is 0 Å². The van der Waals surface area contributed by atoms with Crippen LogP contribution in [0.1, 0.15) is 34.1 Å². The number of carbonyl (C=O) groups is 1. The summed E-state index contributed by atoms with van der Waals surface area (Å²) in [5.74, 6) is 0.494. The van der Waals surface area contributed by atoms with E-state index in [0.29, 0.717) is 17.9 Å². The molecule has 0 radical (unpaired) electrons. The maximum Gasteiger partial charge on any atom is 0.244 e. The second kappa shape index (κ2) is 8.37. The summed E-state index contributed by atoms with van der Waals surface area (Å²) in [7, 11) is -2.13. The van der Waals surface area contributed by atoms with Crippen molar-refractivity contribution in [3.05, 3.63) is 24.3 Å². The molecule has 7 heteroatoms. The van der Waals surface area contributed by atoms with Crippen LogP contribution in [0.4, 0.5) is 5.69 Å². The predicted octanol–water partition coefficient (Wildman–Crippen LogP) is 2.40. The quantitative estimate of drug-likeness (QED) is 0.776. The van der Waals surface area contributed by atoms with Gasteiger partial charge in [-0.1, -0.05) is 26.8 Å². The van der Waals surface area contributed by atoms with Crippen molar-refractivity contribution in [3.8, 4) is 5.75 Å². The average molecular weight is 356 g/mol. The Morgan fingerprint density at radius 2 is 1.92 bits per heavy atom. The minimum absolute atomic E-state index is 0.0433. The van der Waals surface area contributed by atoms with Gasteiger partial charge in [-0.05, 0) is 31.4 Å². The number of amides is 1. The molecular formula is C17H28N2O4S. The molecular weight excluding hydrogens is 328 g/mol. The number of methoxy groups -OCH3 is 1. The molecule has 2 atom stereocenters. The highest BCUT2D eigenvalue weighted by atomic mass is 32.2. The summed E-state index contributed by atoms with van der Waals surface area (Å²) in [5, 5.41) is 2.90. The molecule has 0 aliphatic heterocycles. The third-order valence-corrected chi connectivity index (χ3v) is 5.19. The van der Waals surface area contributed by atoms with Crippen LogP contribution in [-0.4, -0.2) is 39.8 Å². The first-order valence-corrected chi connectivity index (χ1v) is 9.90. The van der Waals surface area contributed by atoms with E-state index in [1.165, 1.54) is 7.11 Å². The number of rotatable bonds is 8. The highest BCUT2D eigenvalue weighted by Crippen LogP contribution is 2.26. The van der Waals surface area contributed by atoms with Crippen LogP contribution in [0.25, 0.3) is 0 Å². The van der Waals surface area contributed by atoms with Gasteiger partial charge in [-0.3, -0.25) is 9.10 Å². The first-order valence-electron chi connectivity index (χ1n) is 8.05. The maximum atomic E-state index is 12.7.